The summed E-state index contributed by atoms with van der Waals surface area (Å²) in [5, 5.41) is -0.329. The third-order valence-corrected chi connectivity index (χ3v) is 1.06. The number of hydrogen-bond acceptors (Lipinski definition) is 3. The van der Waals surface area contributed by atoms with E-state index in [1.54, 1.807) is 6.26 Å². The second-order valence-electron chi connectivity index (χ2n) is 0.836. The highest BCUT2D eigenvalue weighted by atomic mass is 32.2. The van der Waals surface area contributed by atoms with Crippen LogP contribution in [0.25, 0.3) is 0 Å². The Morgan fingerprint density at radius 1 is 2.00 bits per heavy atom. The zero-order valence-electron chi connectivity index (χ0n) is 3.55. The zero-order valence-corrected chi connectivity index (χ0v) is 4.37. The molecule has 0 aliphatic heterocycles. The molecule has 0 saturated heterocycles. The molecule has 0 aromatic carbocycles. The van der Waals surface area contributed by atoms with Crippen molar-refractivity contribution in [3.05, 3.63) is 0 Å². The topological polar surface area (TPSA) is 43.1 Å². The Morgan fingerprint density at radius 2 is 2.50 bits per heavy atom. The van der Waals surface area contributed by atoms with Gasteiger partial charge < -0.3 is 10.5 Å². The van der Waals surface area contributed by atoms with Gasteiger partial charge in [-0.15, -0.1) is 11.8 Å². The van der Waals surface area contributed by atoms with Gasteiger partial charge in [0.15, 0.2) is 0 Å². The summed E-state index contributed by atoms with van der Waals surface area (Å²) in [5.74, 6) is 0. The lowest BCUT2D eigenvalue weighted by atomic mass is 10.8. The molecular weight excluding hydrogens is 98.1 g/mol. The van der Waals surface area contributed by atoms with E-state index in [-0.39, 0.29) is 5.37 Å². The number of hydrogen-bond donors (Lipinski definition) is 1. The van der Waals surface area contributed by atoms with Crippen LogP contribution in [0.4, 0.5) is 0 Å². The van der Waals surface area contributed by atoms with Gasteiger partial charge in [-0.05, 0) is 6.26 Å². The first-order valence-corrected chi connectivity index (χ1v) is 2.83. The van der Waals surface area contributed by atoms with Crippen LogP contribution in [0, 0.1) is 0 Å². The van der Waals surface area contributed by atoms with Gasteiger partial charge in [-0.25, -0.2) is 0 Å². The molecule has 0 radical (unpaired) electrons. The highest BCUT2D eigenvalue weighted by Gasteiger charge is 1.89. The Kier molecular flexibility index (Phi) is 3.17. The summed E-state index contributed by atoms with van der Waals surface area (Å²) in [4.78, 5) is 9.59. The number of rotatable bonds is 2. The monoisotopic (exact) mass is 105 g/mol. The summed E-state index contributed by atoms with van der Waals surface area (Å²) in [6.45, 7) is 0. The van der Waals surface area contributed by atoms with Crippen LogP contribution < -0.4 is 5.73 Å². The van der Waals surface area contributed by atoms with Crippen molar-refractivity contribution in [2.75, 3.05) is 6.26 Å². The van der Waals surface area contributed by atoms with Crippen molar-refractivity contribution in [1.29, 1.82) is 0 Å². The lowest BCUT2D eigenvalue weighted by molar-refractivity contribution is -0.107. The Hall–Kier alpha value is -0.0200. The van der Waals surface area contributed by atoms with Crippen LogP contribution in [-0.2, 0) is 4.79 Å². The molecule has 36 valence electrons. The van der Waals surface area contributed by atoms with E-state index in [2.05, 4.69) is 0 Å². The number of carbonyl (C=O) groups is 1. The maximum atomic E-state index is 9.59. The maximum absolute atomic E-state index is 9.59. The van der Waals surface area contributed by atoms with Gasteiger partial charge in [0.05, 0.1) is 0 Å². The number of carbonyl (C=O) groups excluding carboxylic acids is 1. The third-order valence-electron chi connectivity index (χ3n) is 0.406. The summed E-state index contributed by atoms with van der Waals surface area (Å²) >= 11 is 1.33. The summed E-state index contributed by atoms with van der Waals surface area (Å²) < 4.78 is 0. The normalized spacial score (nSPS) is 13.7. The summed E-state index contributed by atoms with van der Waals surface area (Å²) in [7, 11) is 0. The van der Waals surface area contributed by atoms with Crippen LogP contribution in [0.1, 0.15) is 0 Å². The van der Waals surface area contributed by atoms with Crippen LogP contribution in [0.5, 0.6) is 0 Å². The van der Waals surface area contributed by atoms with Gasteiger partial charge in [0.25, 0.3) is 0 Å². The lowest BCUT2D eigenvalue weighted by Crippen LogP contribution is -2.15. The largest absolute Gasteiger partial charge is 0.313 e. The molecule has 0 saturated carbocycles. The van der Waals surface area contributed by atoms with Crippen LogP contribution in [-0.4, -0.2) is 17.9 Å². The number of nitrogens with two attached hydrogens (primary N) is 1. The molecule has 2 N–H and O–H groups in total. The van der Waals surface area contributed by atoms with E-state index in [0.29, 0.717) is 6.29 Å². The first-order valence-electron chi connectivity index (χ1n) is 1.55. The van der Waals surface area contributed by atoms with Crippen LogP contribution in [0.3, 0.4) is 0 Å². The van der Waals surface area contributed by atoms with Gasteiger partial charge in [0.1, 0.15) is 11.7 Å². The van der Waals surface area contributed by atoms with E-state index in [1.807, 2.05) is 0 Å². The van der Waals surface area contributed by atoms with Gasteiger partial charge in [-0.2, -0.15) is 0 Å². The van der Waals surface area contributed by atoms with Crippen LogP contribution in [0.15, 0.2) is 0 Å². The number of thioether (sulfide) groups is 1. The molecule has 0 aromatic rings. The molecule has 0 spiro atoms. The van der Waals surface area contributed by atoms with E-state index < -0.39 is 0 Å². The molecule has 1 atom stereocenters. The van der Waals surface area contributed by atoms with Crippen molar-refractivity contribution in [3.63, 3.8) is 0 Å². The zero-order chi connectivity index (χ0) is 4.99. The molecule has 0 heterocycles. The van der Waals surface area contributed by atoms with E-state index in [0.717, 1.165) is 0 Å². The molecule has 0 rings (SSSR count). The maximum Gasteiger partial charge on any atom is 0.146 e. The van der Waals surface area contributed by atoms with Gasteiger partial charge in [-0.3, -0.25) is 0 Å². The van der Waals surface area contributed by atoms with Gasteiger partial charge in [-0.1, -0.05) is 0 Å². The lowest BCUT2D eigenvalue weighted by Gasteiger charge is -1.90. The number of aldehydes is 1. The first kappa shape index (κ1) is 5.98. The molecule has 0 aliphatic carbocycles. The minimum atomic E-state index is -0.329. The molecule has 0 amide bonds. The predicted octanol–water partition coefficient (Wildman–Crippen LogP) is -0.167. The molecule has 0 aliphatic rings. The summed E-state index contributed by atoms with van der Waals surface area (Å²) in [6.07, 6.45) is 2.50. The molecule has 6 heavy (non-hydrogen) atoms. The molecule has 0 fully saturated rings. The average molecular weight is 105 g/mol. The highest BCUT2D eigenvalue weighted by Crippen LogP contribution is 1.91. The Balaban J connectivity index is 2.96. The fourth-order valence-electron chi connectivity index (χ4n) is 0.0556. The summed E-state index contributed by atoms with van der Waals surface area (Å²) in [6, 6.07) is 0. The minimum absolute atomic E-state index is 0.329. The molecule has 2 nitrogen and oxygen atoms in total. The Labute approximate surface area is 41.1 Å². The first-order chi connectivity index (χ1) is 2.81. The predicted molar refractivity (Wildman–Crippen MR) is 27.6 cm³/mol. The molecule has 3 heteroatoms. The second kappa shape index (κ2) is 3.18. The molecule has 0 unspecified atom stereocenters. The van der Waals surface area contributed by atoms with Crippen molar-refractivity contribution in [2.45, 2.75) is 5.37 Å². The molecule has 0 bridgehead atoms. The van der Waals surface area contributed by atoms with E-state index in [4.69, 9.17) is 5.73 Å². The fraction of sp³-hybridized carbons (Fsp3) is 0.667. The minimum Gasteiger partial charge on any atom is -0.313 e. The van der Waals surface area contributed by atoms with Crippen LogP contribution >= 0.6 is 11.8 Å². The molecular formula is C3H7NOS. The Morgan fingerprint density at radius 3 is 2.50 bits per heavy atom. The van der Waals surface area contributed by atoms with Crippen molar-refractivity contribution in [3.8, 4) is 0 Å². The average Bonchev–Trinajstić information content (AvgIpc) is 1.65. The molecule has 0 aromatic heterocycles. The SMILES string of the molecule is CS[C@H](N)C=O. The van der Waals surface area contributed by atoms with Crippen molar-refractivity contribution in [2.24, 2.45) is 5.73 Å². The van der Waals surface area contributed by atoms with Crippen molar-refractivity contribution in [1.82, 2.24) is 0 Å². The van der Waals surface area contributed by atoms with Crippen molar-refractivity contribution < 1.29 is 4.79 Å². The van der Waals surface area contributed by atoms with Gasteiger partial charge in [0.2, 0.25) is 0 Å². The van der Waals surface area contributed by atoms with Gasteiger partial charge in [0, 0.05) is 0 Å². The quantitative estimate of drug-likeness (QED) is 0.392. The van der Waals surface area contributed by atoms with E-state index in [9.17, 15) is 4.79 Å². The Bertz CT molecular complexity index is 48.1. The van der Waals surface area contributed by atoms with E-state index in [1.165, 1.54) is 11.8 Å². The van der Waals surface area contributed by atoms with Crippen LogP contribution in [0.2, 0.25) is 0 Å². The fourth-order valence-corrected chi connectivity index (χ4v) is 0.167. The second-order valence-corrected chi connectivity index (χ2v) is 1.85. The smallest absolute Gasteiger partial charge is 0.146 e. The van der Waals surface area contributed by atoms with Crippen molar-refractivity contribution >= 4 is 18.0 Å². The third kappa shape index (κ3) is 2.23. The summed E-state index contributed by atoms with van der Waals surface area (Å²) in [5.41, 5.74) is 5.07. The van der Waals surface area contributed by atoms with E-state index >= 15 is 0 Å². The highest BCUT2D eigenvalue weighted by molar-refractivity contribution is 7.99. The standard InChI is InChI=1S/C3H7NOS/c1-6-3(4)2-5/h2-3H,4H2,1H3/t3-/m0/s1. The van der Waals surface area contributed by atoms with Gasteiger partial charge >= 0.3 is 0 Å².